The van der Waals surface area contributed by atoms with E-state index in [0.29, 0.717) is 17.6 Å². The number of hydrogen-bond donors (Lipinski definition) is 0. The van der Waals surface area contributed by atoms with Crippen molar-refractivity contribution in [1.82, 2.24) is 10.2 Å². The molecule has 0 bridgehead atoms. The van der Waals surface area contributed by atoms with Crippen LogP contribution in [0.1, 0.15) is 31.3 Å². The summed E-state index contributed by atoms with van der Waals surface area (Å²) in [5, 5.41) is 9.41. The van der Waals surface area contributed by atoms with Gasteiger partial charge in [-0.05, 0) is 13.0 Å². The van der Waals surface area contributed by atoms with E-state index in [1.165, 1.54) is 0 Å². The molecule has 5 heteroatoms. The van der Waals surface area contributed by atoms with Crippen LogP contribution in [0.15, 0.2) is 29.2 Å². The zero-order chi connectivity index (χ0) is 13.8. The van der Waals surface area contributed by atoms with Crippen LogP contribution in [0, 0.1) is 0 Å². The highest BCUT2D eigenvalue weighted by Gasteiger charge is 2.19. The Hall–Kier alpha value is -1.62. The van der Waals surface area contributed by atoms with E-state index >= 15 is 0 Å². The fourth-order valence-electron chi connectivity index (χ4n) is 1.72. The molecule has 4 nitrogen and oxygen atoms in total. The van der Waals surface area contributed by atoms with Crippen LogP contribution in [-0.4, -0.2) is 28.0 Å². The number of aromatic nitrogens is 2. The van der Waals surface area contributed by atoms with E-state index in [-0.39, 0.29) is 0 Å². The van der Waals surface area contributed by atoms with Crippen molar-refractivity contribution in [3.8, 4) is 0 Å². The van der Waals surface area contributed by atoms with Gasteiger partial charge in [-0.2, -0.15) is 0 Å². The second-order valence-corrected chi connectivity index (χ2v) is 5.87. The van der Waals surface area contributed by atoms with Gasteiger partial charge in [-0.15, -0.1) is 22.0 Å². The van der Waals surface area contributed by atoms with E-state index in [2.05, 4.69) is 24.0 Å². The predicted octanol–water partition coefficient (Wildman–Crippen LogP) is 3.31. The maximum Gasteiger partial charge on any atom is 0.360 e. The second kappa shape index (κ2) is 6.02. The van der Waals surface area contributed by atoms with Crippen molar-refractivity contribution in [2.45, 2.75) is 30.9 Å². The van der Waals surface area contributed by atoms with Gasteiger partial charge in [0, 0.05) is 10.6 Å². The molecule has 0 saturated heterocycles. The Morgan fingerprint density at radius 2 is 2.05 bits per heavy atom. The molecule has 100 valence electrons. The average molecular weight is 276 g/mol. The Bertz CT molecular complexity index is 599. The topological polar surface area (TPSA) is 52.1 Å². The van der Waals surface area contributed by atoms with Gasteiger partial charge in [-0.3, -0.25) is 0 Å². The molecule has 0 radical (unpaired) electrons. The lowest BCUT2D eigenvalue weighted by atomic mass is 10.2. The summed E-state index contributed by atoms with van der Waals surface area (Å²) in [5.74, 6) is -0.413. The molecule has 0 aliphatic rings. The van der Waals surface area contributed by atoms with Gasteiger partial charge >= 0.3 is 5.97 Å². The number of benzene rings is 1. The third-order valence-corrected chi connectivity index (χ3v) is 3.56. The summed E-state index contributed by atoms with van der Waals surface area (Å²) in [7, 11) is 0. The fraction of sp³-hybridized carbons (Fsp3) is 0.357. The number of carbonyl (C=O) groups excluding carboxylic acids is 1. The van der Waals surface area contributed by atoms with Crippen LogP contribution in [0.3, 0.4) is 0 Å². The summed E-state index contributed by atoms with van der Waals surface area (Å²) in [5.41, 5.74) is 1.10. The summed E-state index contributed by atoms with van der Waals surface area (Å²) >= 11 is 1.61. The minimum absolute atomic E-state index is 0.305. The molecule has 0 unspecified atom stereocenters. The summed E-state index contributed by atoms with van der Waals surface area (Å²) in [6.07, 6.45) is 0. The van der Waals surface area contributed by atoms with Crippen molar-refractivity contribution in [1.29, 1.82) is 0 Å². The lowest BCUT2D eigenvalue weighted by Crippen LogP contribution is -2.11. The Kier molecular flexibility index (Phi) is 4.37. The lowest BCUT2D eigenvalue weighted by molar-refractivity contribution is 0.0514. The molecule has 1 heterocycles. The average Bonchev–Trinajstić information content (AvgIpc) is 2.38. The first-order valence-corrected chi connectivity index (χ1v) is 7.10. The normalized spacial score (nSPS) is 10.9. The Balaban J connectivity index is 2.59. The number of fused-ring (bicyclic) bond motifs is 1. The molecule has 0 aliphatic carbocycles. The minimum atomic E-state index is -0.413. The summed E-state index contributed by atoms with van der Waals surface area (Å²) < 4.78 is 5.04. The largest absolute Gasteiger partial charge is 0.461 e. The molecule has 0 spiro atoms. The van der Waals surface area contributed by atoms with Gasteiger partial charge in [0.05, 0.1) is 17.0 Å². The van der Waals surface area contributed by atoms with E-state index < -0.39 is 5.97 Å². The number of thioether (sulfide) groups is 1. The van der Waals surface area contributed by atoms with Crippen LogP contribution in [0.2, 0.25) is 0 Å². The maximum absolute atomic E-state index is 12.0. The number of ether oxygens (including phenoxy) is 1. The molecule has 1 aromatic carbocycles. The van der Waals surface area contributed by atoms with Crippen LogP contribution < -0.4 is 0 Å². The standard InChI is InChI=1S/C14H16N2O2S/c1-4-18-14(17)12-13(19-9(2)3)10-7-5-6-8-11(10)15-16-12/h5-9H,4H2,1-3H3. The molecule has 0 aliphatic heterocycles. The van der Waals surface area contributed by atoms with Gasteiger partial charge < -0.3 is 4.74 Å². The van der Waals surface area contributed by atoms with Gasteiger partial charge in [0.1, 0.15) is 0 Å². The summed E-state index contributed by atoms with van der Waals surface area (Å²) in [6, 6.07) is 7.69. The van der Waals surface area contributed by atoms with E-state index in [4.69, 9.17) is 4.74 Å². The Morgan fingerprint density at radius 3 is 2.74 bits per heavy atom. The SMILES string of the molecule is CCOC(=O)c1nnc2ccccc2c1SC(C)C. The molecule has 19 heavy (non-hydrogen) atoms. The van der Waals surface area contributed by atoms with Crippen molar-refractivity contribution in [2.24, 2.45) is 0 Å². The van der Waals surface area contributed by atoms with E-state index in [9.17, 15) is 4.79 Å². The molecule has 2 rings (SSSR count). The molecular weight excluding hydrogens is 260 g/mol. The number of esters is 1. The molecule has 0 amide bonds. The molecular formula is C14H16N2O2S. The lowest BCUT2D eigenvalue weighted by Gasteiger charge is -2.11. The molecule has 2 aromatic rings. The summed E-state index contributed by atoms with van der Waals surface area (Å²) in [6.45, 7) is 6.27. The van der Waals surface area contributed by atoms with Gasteiger partial charge in [-0.25, -0.2) is 4.79 Å². The monoisotopic (exact) mass is 276 g/mol. The molecule has 0 fully saturated rings. The highest BCUT2D eigenvalue weighted by atomic mass is 32.2. The highest BCUT2D eigenvalue weighted by Crippen LogP contribution is 2.32. The molecule has 0 atom stereocenters. The van der Waals surface area contributed by atoms with Crippen molar-refractivity contribution in [3.63, 3.8) is 0 Å². The zero-order valence-corrected chi connectivity index (χ0v) is 12.0. The van der Waals surface area contributed by atoms with Crippen LogP contribution in [0.5, 0.6) is 0 Å². The zero-order valence-electron chi connectivity index (χ0n) is 11.2. The van der Waals surface area contributed by atoms with Gasteiger partial charge in [0.25, 0.3) is 0 Å². The minimum Gasteiger partial charge on any atom is -0.461 e. The Morgan fingerprint density at radius 1 is 1.32 bits per heavy atom. The smallest absolute Gasteiger partial charge is 0.360 e. The molecule has 0 N–H and O–H groups in total. The van der Waals surface area contributed by atoms with E-state index in [1.807, 2.05) is 24.3 Å². The fourth-order valence-corrected chi connectivity index (χ4v) is 2.72. The summed E-state index contributed by atoms with van der Waals surface area (Å²) in [4.78, 5) is 12.8. The van der Waals surface area contributed by atoms with Crippen molar-refractivity contribution in [3.05, 3.63) is 30.0 Å². The first kappa shape index (κ1) is 13.8. The first-order valence-electron chi connectivity index (χ1n) is 6.22. The van der Waals surface area contributed by atoms with E-state index in [0.717, 1.165) is 15.8 Å². The third kappa shape index (κ3) is 3.04. The quantitative estimate of drug-likeness (QED) is 0.633. The number of nitrogens with zero attached hydrogens (tertiary/aromatic N) is 2. The number of hydrogen-bond acceptors (Lipinski definition) is 5. The van der Waals surface area contributed by atoms with Gasteiger partial charge in [0.2, 0.25) is 0 Å². The van der Waals surface area contributed by atoms with Crippen LogP contribution in [0.25, 0.3) is 10.9 Å². The molecule has 0 saturated carbocycles. The highest BCUT2D eigenvalue weighted by molar-refractivity contribution is 8.00. The maximum atomic E-state index is 12.0. The number of carbonyl (C=O) groups is 1. The number of rotatable bonds is 4. The van der Waals surface area contributed by atoms with Crippen LogP contribution >= 0.6 is 11.8 Å². The second-order valence-electron chi connectivity index (χ2n) is 4.28. The molecule has 1 aromatic heterocycles. The first-order chi connectivity index (χ1) is 9.13. The predicted molar refractivity (Wildman–Crippen MR) is 76.5 cm³/mol. The van der Waals surface area contributed by atoms with Gasteiger partial charge in [-0.1, -0.05) is 32.0 Å². The van der Waals surface area contributed by atoms with Gasteiger partial charge in [0.15, 0.2) is 5.69 Å². The van der Waals surface area contributed by atoms with E-state index in [1.54, 1.807) is 18.7 Å². The van der Waals surface area contributed by atoms with Crippen LogP contribution in [0.4, 0.5) is 0 Å². The Labute approximate surface area is 116 Å². The van der Waals surface area contributed by atoms with Crippen molar-refractivity contribution >= 4 is 28.6 Å². The van der Waals surface area contributed by atoms with Crippen LogP contribution in [-0.2, 0) is 4.74 Å². The van der Waals surface area contributed by atoms with Crippen molar-refractivity contribution < 1.29 is 9.53 Å². The third-order valence-electron chi connectivity index (χ3n) is 2.44. The van der Waals surface area contributed by atoms with Crippen molar-refractivity contribution in [2.75, 3.05) is 6.61 Å².